The van der Waals surface area contributed by atoms with Gasteiger partial charge in [-0.1, -0.05) is 0 Å². The second-order valence-corrected chi connectivity index (χ2v) is 6.71. The summed E-state index contributed by atoms with van der Waals surface area (Å²) in [6.45, 7) is 3.54. The minimum atomic E-state index is -0.677. The van der Waals surface area contributed by atoms with Crippen LogP contribution in [0.3, 0.4) is 0 Å². The fourth-order valence-corrected chi connectivity index (χ4v) is 3.89. The molecule has 3 aliphatic rings. The molecule has 24 heavy (non-hydrogen) atoms. The standard InChI is InChI=1S/C15H23N5O4/c1-9(21)19-4-2-10(3-5-19)18-12-11-6-23-15(24-11)13(14(12)22)20-8-16-7-17-20/h7-8,10-15,18,22H,2-6H2,1H3/t11-,12-,13-,14+,15-/m1/s1. The van der Waals surface area contributed by atoms with E-state index >= 15 is 0 Å². The number of aromatic nitrogens is 3. The zero-order valence-corrected chi connectivity index (χ0v) is 13.6. The number of piperidine rings is 1. The lowest BCUT2D eigenvalue weighted by molar-refractivity contribution is -0.169. The summed E-state index contributed by atoms with van der Waals surface area (Å²) in [6, 6.07) is -0.398. The molecular formula is C15H23N5O4. The predicted octanol–water partition coefficient (Wildman–Crippen LogP) is -1.10. The number of carbonyl (C=O) groups excluding carboxylic acids is 1. The Bertz CT molecular complexity index is 574. The number of nitrogens with zero attached hydrogens (tertiary/aromatic N) is 4. The number of aliphatic hydroxyl groups excluding tert-OH is 1. The summed E-state index contributed by atoms with van der Waals surface area (Å²) in [5, 5.41) is 18.5. The van der Waals surface area contributed by atoms with Crippen molar-refractivity contribution in [3.05, 3.63) is 12.7 Å². The average molecular weight is 337 g/mol. The highest BCUT2D eigenvalue weighted by atomic mass is 16.7. The van der Waals surface area contributed by atoms with Gasteiger partial charge in [-0.3, -0.25) is 4.79 Å². The molecule has 132 valence electrons. The van der Waals surface area contributed by atoms with Gasteiger partial charge in [0.25, 0.3) is 0 Å². The second-order valence-electron chi connectivity index (χ2n) is 6.71. The van der Waals surface area contributed by atoms with Crippen LogP contribution in [0.2, 0.25) is 0 Å². The van der Waals surface area contributed by atoms with E-state index in [0.717, 1.165) is 25.9 Å². The van der Waals surface area contributed by atoms with Gasteiger partial charge >= 0.3 is 0 Å². The van der Waals surface area contributed by atoms with E-state index < -0.39 is 18.4 Å². The van der Waals surface area contributed by atoms with Gasteiger partial charge in [-0.05, 0) is 12.8 Å². The van der Waals surface area contributed by atoms with Gasteiger partial charge in [0.1, 0.15) is 24.8 Å². The topological polar surface area (TPSA) is 102 Å². The summed E-state index contributed by atoms with van der Waals surface area (Å²) in [4.78, 5) is 17.3. The number of hydrogen-bond acceptors (Lipinski definition) is 7. The van der Waals surface area contributed by atoms with E-state index in [2.05, 4.69) is 15.4 Å². The van der Waals surface area contributed by atoms with Crippen molar-refractivity contribution >= 4 is 5.91 Å². The van der Waals surface area contributed by atoms with Gasteiger partial charge in [0.2, 0.25) is 5.91 Å². The summed E-state index contributed by atoms with van der Waals surface area (Å²) in [5.74, 6) is 0.118. The third-order valence-corrected chi connectivity index (χ3v) is 5.24. The molecule has 3 saturated heterocycles. The van der Waals surface area contributed by atoms with Crippen molar-refractivity contribution in [2.24, 2.45) is 0 Å². The van der Waals surface area contributed by atoms with Gasteiger partial charge in [-0.2, -0.15) is 5.10 Å². The molecule has 9 heteroatoms. The maximum atomic E-state index is 11.4. The van der Waals surface area contributed by atoms with E-state index in [1.54, 1.807) is 17.9 Å². The molecule has 2 bridgehead atoms. The first-order valence-electron chi connectivity index (χ1n) is 8.44. The van der Waals surface area contributed by atoms with E-state index in [1.165, 1.54) is 6.33 Å². The Morgan fingerprint density at radius 1 is 1.38 bits per heavy atom. The smallest absolute Gasteiger partial charge is 0.219 e. The van der Waals surface area contributed by atoms with Gasteiger partial charge in [0.05, 0.1) is 18.8 Å². The van der Waals surface area contributed by atoms with Crippen LogP contribution in [0.15, 0.2) is 12.7 Å². The van der Waals surface area contributed by atoms with E-state index in [0.29, 0.717) is 6.61 Å². The van der Waals surface area contributed by atoms with Gasteiger partial charge in [0, 0.05) is 26.1 Å². The molecule has 0 aromatic carbocycles. The quantitative estimate of drug-likeness (QED) is 0.722. The molecule has 0 unspecified atom stereocenters. The van der Waals surface area contributed by atoms with Gasteiger partial charge in [-0.25, -0.2) is 9.67 Å². The molecule has 4 rings (SSSR count). The van der Waals surface area contributed by atoms with Gasteiger partial charge < -0.3 is 24.8 Å². The number of likely N-dealkylation sites (tertiary alicyclic amines) is 1. The number of fused-ring (bicyclic) bond motifs is 2. The predicted molar refractivity (Wildman–Crippen MR) is 81.9 cm³/mol. The first-order chi connectivity index (χ1) is 11.6. The number of rotatable bonds is 3. The number of amides is 1. The van der Waals surface area contributed by atoms with E-state index in [1.807, 2.05) is 4.90 Å². The molecule has 0 spiro atoms. The van der Waals surface area contributed by atoms with Gasteiger partial charge in [-0.15, -0.1) is 0 Å². The van der Waals surface area contributed by atoms with Crippen LogP contribution < -0.4 is 5.32 Å². The summed E-state index contributed by atoms with van der Waals surface area (Å²) >= 11 is 0. The van der Waals surface area contributed by atoms with Crippen LogP contribution in [0.5, 0.6) is 0 Å². The number of aliphatic hydroxyl groups is 1. The van der Waals surface area contributed by atoms with Crippen LogP contribution in [-0.4, -0.2) is 81.0 Å². The SMILES string of the molecule is CC(=O)N1CCC(N[C@H]2[C@H](O)[C@@H](n3cncn3)[C@@H]3OC[C@H]2O3)CC1. The third-order valence-electron chi connectivity index (χ3n) is 5.24. The Morgan fingerprint density at radius 2 is 2.17 bits per heavy atom. The molecule has 3 fully saturated rings. The summed E-state index contributed by atoms with van der Waals surface area (Å²) in [5.41, 5.74) is 0. The molecule has 2 N–H and O–H groups in total. The number of hydrogen-bond donors (Lipinski definition) is 2. The highest BCUT2D eigenvalue weighted by Crippen LogP contribution is 2.35. The molecule has 3 aliphatic heterocycles. The highest BCUT2D eigenvalue weighted by molar-refractivity contribution is 5.73. The summed E-state index contributed by atoms with van der Waals surface area (Å²) in [6.07, 6.45) is 3.40. The van der Waals surface area contributed by atoms with Crippen molar-refractivity contribution in [3.63, 3.8) is 0 Å². The van der Waals surface area contributed by atoms with Gasteiger partial charge in [0.15, 0.2) is 6.29 Å². The van der Waals surface area contributed by atoms with Crippen LogP contribution in [0, 0.1) is 0 Å². The fourth-order valence-electron chi connectivity index (χ4n) is 3.89. The monoisotopic (exact) mass is 337 g/mol. The lowest BCUT2D eigenvalue weighted by atomic mass is 9.93. The molecular weight excluding hydrogens is 314 g/mol. The zero-order chi connectivity index (χ0) is 16.7. The van der Waals surface area contributed by atoms with Crippen LogP contribution in [-0.2, 0) is 14.3 Å². The first-order valence-corrected chi connectivity index (χ1v) is 8.44. The molecule has 1 amide bonds. The van der Waals surface area contributed by atoms with Crippen LogP contribution >= 0.6 is 0 Å². The average Bonchev–Trinajstić information content (AvgIpc) is 3.24. The number of ether oxygens (including phenoxy) is 2. The molecule has 1 aromatic heterocycles. The Kier molecular flexibility index (Phi) is 4.25. The Labute approximate surface area is 139 Å². The van der Waals surface area contributed by atoms with Crippen LogP contribution in [0.4, 0.5) is 0 Å². The first kappa shape index (κ1) is 15.9. The second kappa shape index (κ2) is 6.40. The Balaban J connectivity index is 1.44. The van der Waals surface area contributed by atoms with Crippen LogP contribution in [0.25, 0.3) is 0 Å². The summed E-state index contributed by atoms with van der Waals surface area (Å²) in [7, 11) is 0. The van der Waals surface area contributed by atoms with Crippen molar-refractivity contribution in [1.82, 2.24) is 25.0 Å². The minimum Gasteiger partial charge on any atom is -0.389 e. The molecule has 0 aliphatic carbocycles. The maximum absolute atomic E-state index is 11.4. The number of nitrogens with one attached hydrogen (secondary N) is 1. The largest absolute Gasteiger partial charge is 0.389 e. The zero-order valence-electron chi connectivity index (χ0n) is 13.6. The Morgan fingerprint density at radius 3 is 2.83 bits per heavy atom. The molecule has 5 atom stereocenters. The Hall–Kier alpha value is -1.55. The van der Waals surface area contributed by atoms with E-state index in [-0.39, 0.29) is 24.1 Å². The van der Waals surface area contributed by atoms with Crippen LogP contribution in [0.1, 0.15) is 25.8 Å². The van der Waals surface area contributed by atoms with Crippen molar-refractivity contribution in [3.8, 4) is 0 Å². The third kappa shape index (κ3) is 2.81. The highest BCUT2D eigenvalue weighted by Gasteiger charge is 2.51. The maximum Gasteiger partial charge on any atom is 0.219 e. The van der Waals surface area contributed by atoms with Crippen molar-refractivity contribution in [2.75, 3.05) is 19.7 Å². The normalized spacial score (nSPS) is 36.9. The molecule has 0 radical (unpaired) electrons. The lowest BCUT2D eigenvalue weighted by Gasteiger charge is -2.41. The van der Waals surface area contributed by atoms with Crippen molar-refractivity contribution in [2.45, 2.75) is 56.4 Å². The molecule has 4 heterocycles. The summed E-state index contributed by atoms with van der Waals surface area (Å²) < 4.78 is 13.2. The lowest BCUT2D eigenvalue weighted by Crippen LogP contribution is -2.61. The van der Waals surface area contributed by atoms with Crippen molar-refractivity contribution < 1.29 is 19.4 Å². The molecule has 0 saturated carbocycles. The van der Waals surface area contributed by atoms with Crippen molar-refractivity contribution in [1.29, 1.82) is 0 Å². The molecule has 9 nitrogen and oxygen atoms in total. The minimum absolute atomic E-state index is 0.118. The molecule has 1 aromatic rings. The van der Waals surface area contributed by atoms with E-state index in [9.17, 15) is 9.90 Å². The van der Waals surface area contributed by atoms with E-state index in [4.69, 9.17) is 9.47 Å². The fraction of sp³-hybridized carbons (Fsp3) is 0.800. The number of carbonyl (C=O) groups is 1.